The van der Waals surface area contributed by atoms with Gasteiger partial charge in [0.15, 0.2) is 5.16 Å². The average Bonchev–Trinajstić information content (AvgIpc) is 3.39. The molecule has 0 aliphatic carbocycles. The Morgan fingerprint density at radius 2 is 1.94 bits per heavy atom. The number of nitrogens with zero attached hydrogens (tertiary/aromatic N) is 2. The zero-order chi connectivity index (χ0) is 24.9. The first kappa shape index (κ1) is 24.3. The quantitative estimate of drug-likeness (QED) is 0.220. The summed E-state index contributed by atoms with van der Waals surface area (Å²) in [5, 5.41) is 3.04. The summed E-state index contributed by atoms with van der Waals surface area (Å²) in [4.78, 5) is 42.9. The van der Waals surface area contributed by atoms with Crippen LogP contribution in [0.2, 0.25) is 0 Å². The van der Waals surface area contributed by atoms with Crippen molar-refractivity contribution in [3.63, 3.8) is 0 Å². The van der Waals surface area contributed by atoms with E-state index in [0.29, 0.717) is 27.5 Å². The smallest absolute Gasteiger partial charge is 0.337 e. The summed E-state index contributed by atoms with van der Waals surface area (Å²) in [6, 6.07) is 15.8. The Morgan fingerprint density at radius 1 is 1.17 bits per heavy atom. The monoisotopic (exact) mass is 491 g/mol. The summed E-state index contributed by atoms with van der Waals surface area (Å²) in [6.45, 7) is 3.97. The third kappa shape index (κ3) is 5.46. The van der Waals surface area contributed by atoms with Crippen LogP contribution in [0, 0.1) is 0 Å². The van der Waals surface area contributed by atoms with Gasteiger partial charge in [-0.15, -0.1) is 0 Å². The Bertz CT molecular complexity index is 1410. The van der Waals surface area contributed by atoms with Gasteiger partial charge < -0.3 is 14.5 Å². The van der Waals surface area contributed by atoms with Crippen LogP contribution in [0.1, 0.15) is 35.5 Å². The number of ether oxygens (including phenoxy) is 1. The zero-order valence-corrected chi connectivity index (χ0v) is 20.4. The van der Waals surface area contributed by atoms with Gasteiger partial charge in [-0.25, -0.2) is 9.78 Å². The molecular weight excluding hydrogens is 466 g/mol. The van der Waals surface area contributed by atoms with Crippen molar-refractivity contribution in [1.82, 2.24) is 9.55 Å². The van der Waals surface area contributed by atoms with Gasteiger partial charge in [0.25, 0.3) is 5.56 Å². The minimum absolute atomic E-state index is 0.155. The van der Waals surface area contributed by atoms with Gasteiger partial charge in [0.2, 0.25) is 5.91 Å². The Hall–Kier alpha value is -3.85. The summed E-state index contributed by atoms with van der Waals surface area (Å²) >= 11 is 1.16. The number of esters is 1. The molecule has 0 radical (unpaired) electrons. The fourth-order valence-electron chi connectivity index (χ4n) is 3.51. The number of fused-ring (bicyclic) bond motifs is 1. The Morgan fingerprint density at radius 3 is 2.60 bits per heavy atom. The number of benzene rings is 2. The standard InChI is InChI=1S/C26H25N3O5S/c1-4-17-7-10-19(11-8-17)27-23(30)16(2)35-26-28-22-14-18(25(32)33-3)9-12-21(22)24(31)29(26)15-20-6-5-13-34-20/h5-14,16H,4,15H2,1-3H3,(H,27,30)/t16-/m0/s1. The number of furan rings is 1. The SMILES string of the molecule is CCc1ccc(NC(=O)[C@H](C)Sc2nc3cc(C(=O)OC)ccc3c(=O)n2Cc2ccco2)cc1. The molecule has 9 heteroatoms. The van der Waals surface area contributed by atoms with E-state index >= 15 is 0 Å². The summed E-state index contributed by atoms with van der Waals surface area (Å²) in [7, 11) is 1.29. The molecule has 0 aliphatic heterocycles. The molecule has 1 amide bonds. The maximum atomic E-state index is 13.4. The molecule has 0 fully saturated rings. The van der Waals surface area contributed by atoms with Crippen LogP contribution >= 0.6 is 11.8 Å². The molecule has 1 N–H and O–H groups in total. The first-order chi connectivity index (χ1) is 16.9. The van der Waals surface area contributed by atoms with Gasteiger partial charge in [-0.05, 0) is 61.4 Å². The van der Waals surface area contributed by atoms with Crippen LogP contribution < -0.4 is 10.9 Å². The lowest BCUT2D eigenvalue weighted by atomic mass is 10.1. The number of aryl methyl sites for hydroxylation is 1. The van der Waals surface area contributed by atoms with E-state index in [2.05, 4.69) is 17.2 Å². The van der Waals surface area contributed by atoms with Crippen LogP contribution in [0.15, 0.2) is 75.2 Å². The van der Waals surface area contributed by atoms with Crippen LogP contribution in [0.3, 0.4) is 0 Å². The first-order valence-electron chi connectivity index (χ1n) is 11.1. The van der Waals surface area contributed by atoms with E-state index in [1.54, 1.807) is 25.1 Å². The minimum Gasteiger partial charge on any atom is -0.467 e. The maximum absolute atomic E-state index is 13.4. The van der Waals surface area contributed by atoms with Crippen molar-refractivity contribution < 1.29 is 18.7 Å². The normalized spacial score (nSPS) is 11.9. The Kier molecular flexibility index (Phi) is 7.36. The summed E-state index contributed by atoms with van der Waals surface area (Å²) in [5.74, 6) is -0.166. The lowest BCUT2D eigenvalue weighted by Gasteiger charge is -2.16. The maximum Gasteiger partial charge on any atom is 0.337 e. The van der Waals surface area contributed by atoms with Gasteiger partial charge in [0.05, 0.1) is 41.6 Å². The fourth-order valence-corrected chi connectivity index (χ4v) is 4.42. The highest BCUT2D eigenvalue weighted by Crippen LogP contribution is 2.25. The largest absolute Gasteiger partial charge is 0.467 e. The number of aromatic nitrogens is 2. The second-order valence-electron chi connectivity index (χ2n) is 7.89. The number of rotatable bonds is 8. The second kappa shape index (κ2) is 10.6. The number of nitrogens with one attached hydrogen (secondary N) is 1. The number of carbonyl (C=O) groups is 2. The van der Waals surface area contributed by atoms with Crippen molar-refractivity contribution in [2.75, 3.05) is 12.4 Å². The van der Waals surface area contributed by atoms with Gasteiger partial charge in [-0.3, -0.25) is 14.2 Å². The molecule has 180 valence electrons. The van der Waals surface area contributed by atoms with Gasteiger partial charge in [0, 0.05) is 5.69 Å². The van der Waals surface area contributed by atoms with Crippen molar-refractivity contribution in [3.8, 4) is 0 Å². The molecule has 2 aromatic carbocycles. The predicted molar refractivity (Wildman–Crippen MR) is 135 cm³/mol. The summed E-state index contributed by atoms with van der Waals surface area (Å²) in [5.41, 5.74) is 2.21. The third-order valence-corrected chi connectivity index (χ3v) is 6.61. The first-order valence-corrected chi connectivity index (χ1v) is 12.0. The molecule has 0 aliphatic rings. The number of anilines is 1. The molecule has 2 heterocycles. The highest BCUT2D eigenvalue weighted by atomic mass is 32.2. The van der Waals surface area contributed by atoms with E-state index in [0.717, 1.165) is 18.2 Å². The third-order valence-electron chi connectivity index (χ3n) is 5.52. The van der Waals surface area contributed by atoms with Crippen molar-refractivity contribution in [2.45, 2.75) is 37.2 Å². The van der Waals surface area contributed by atoms with Crippen LogP contribution in [-0.4, -0.2) is 33.8 Å². The van der Waals surface area contributed by atoms with E-state index < -0.39 is 11.2 Å². The lowest BCUT2D eigenvalue weighted by Crippen LogP contribution is -2.27. The number of hydrogen-bond acceptors (Lipinski definition) is 7. The van der Waals surface area contributed by atoms with E-state index in [9.17, 15) is 14.4 Å². The van der Waals surface area contributed by atoms with E-state index in [4.69, 9.17) is 9.15 Å². The Labute approximate surface area is 206 Å². The molecule has 4 rings (SSSR count). The highest BCUT2D eigenvalue weighted by molar-refractivity contribution is 8.00. The molecule has 8 nitrogen and oxygen atoms in total. The fraction of sp³-hybridized carbons (Fsp3) is 0.231. The number of amides is 1. The molecule has 0 saturated heterocycles. The van der Waals surface area contributed by atoms with E-state index in [1.807, 2.05) is 24.3 Å². The molecular formula is C26H25N3O5S. The number of carbonyl (C=O) groups excluding carboxylic acids is 2. The van der Waals surface area contributed by atoms with E-state index in [-0.39, 0.29) is 23.6 Å². The van der Waals surface area contributed by atoms with Gasteiger partial charge in [-0.2, -0.15) is 0 Å². The van der Waals surface area contributed by atoms with Gasteiger partial charge in [-0.1, -0.05) is 30.8 Å². The molecule has 0 unspecified atom stereocenters. The van der Waals surface area contributed by atoms with Gasteiger partial charge >= 0.3 is 5.97 Å². The molecule has 1 atom stereocenters. The van der Waals surface area contributed by atoms with Crippen LogP contribution in [0.4, 0.5) is 5.69 Å². The van der Waals surface area contributed by atoms with Gasteiger partial charge in [0.1, 0.15) is 5.76 Å². The topological polar surface area (TPSA) is 103 Å². The molecule has 0 saturated carbocycles. The summed E-state index contributed by atoms with van der Waals surface area (Å²) < 4.78 is 11.7. The molecule has 35 heavy (non-hydrogen) atoms. The molecule has 0 spiro atoms. The van der Waals surface area contributed by atoms with Crippen LogP contribution in [-0.2, 0) is 22.5 Å². The van der Waals surface area contributed by atoms with Crippen molar-refractivity contribution in [1.29, 1.82) is 0 Å². The van der Waals surface area contributed by atoms with Crippen molar-refractivity contribution in [2.24, 2.45) is 0 Å². The predicted octanol–water partition coefficient (Wildman–Crippen LogP) is 4.51. The zero-order valence-electron chi connectivity index (χ0n) is 19.6. The lowest BCUT2D eigenvalue weighted by molar-refractivity contribution is -0.115. The number of thioether (sulfide) groups is 1. The summed E-state index contributed by atoms with van der Waals surface area (Å²) in [6.07, 6.45) is 2.45. The Balaban J connectivity index is 1.67. The molecule has 4 aromatic rings. The number of methoxy groups -OCH3 is 1. The highest BCUT2D eigenvalue weighted by Gasteiger charge is 2.21. The number of hydrogen-bond donors (Lipinski definition) is 1. The van der Waals surface area contributed by atoms with Crippen molar-refractivity contribution >= 4 is 40.2 Å². The minimum atomic E-state index is -0.558. The van der Waals surface area contributed by atoms with Crippen LogP contribution in [0.25, 0.3) is 10.9 Å². The second-order valence-corrected chi connectivity index (χ2v) is 9.20. The average molecular weight is 492 g/mol. The molecule has 2 aromatic heterocycles. The van der Waals surface area contributed by atoms with Crippen LogP contribution in [0.5, 0.6) is 0 Å². The molecule has 0 bridgehead atoms. The van der Waals surface area contributed by atoms with Crippen molar-refractivity contribution in [3.05, 3.63) is 88.1 Å². The van der Waals surface area contributed by atoms with E-state index in [1.165, 1.54) is 35.6 Å².